The van der Waals surface area contributed by atoms with Gasteiger partial charge in [-0.2, -0.15) is 4.98 Å². The van der Waals surface area contributed by atoms with Crippen LogP contribution in [0.1, 0.15) is 0 Å². The van der Waals surface area contributed by atoms with E-state index in [9.17, 15) is 10.1 Å². The number of nitro groups is 1. The van der Waals surface area contributed by atoms with E-state index in [1.165, 1.54) is 0 Å². The normalized spacial score (nSPS) is 10.7. The topological polar surface area (TPSA) is 112 Å². The SMILES string of the molecule is Cn1ccc2ccc(Nc3ncc([N+](=O)[O-])c(N)n3)cc21. The molecule has 0 saturated heterocycles. The molecule has 8 nitrogen and oxygen atoms in total. The van der Waals surface area contributed by atoms with E-state index in [1.54, 1.807) is 0 Å². The summed E-state index contributed by atoms with van der Waals surface area (Å²) < 4.78 is 1.99. The van der Waals surface area contributed by atoms with E-state index in [0.717, 1.165) is 22.8 Å². The zero-order chi connectivity index (χ0) is 15.0. The number of rotatable bonds is 3. The van der Waals surface area contributed by atoms with Crippen LogP contribution in [0.3, 0.4) is 0 Å². The third-order valence-corrected chi connectivity index (χ3v) is 3.14. The third-order valence-electron chi connectivity index (χ3n) is 3.14. The molecule has 0 atom stereocenters. The highest BCUT2D eigenvalue weighted by Crippen LogP contribution is 2.23. The lowest BCUT2D eigenvalue weighted by Gasteiger charge is -2.06. The molecule has 0 aliphatic carbocycles. The summed E-state index contributed by atoms with van der Waals surface area (Å²) in [6.07, 6.45) is 3.06. The van der Waals surface area contributed by atoms with Gasteiger partial charge in [-0.25, -0.2) is 4.98 Å². The van der Waals surface area contributed by atoms with Crippen LogP contribution >= 0.6 is 0 Å². The molecule has 3 rings (SSSR count). The fourth-order valence-electron chi connectivity index (χ4n) is 2.06. The maximum atomic E-state index is 10.7. The Labute approximate surface area is 119 Å². The Morgan fingerprint density at radius 3 is 2.90 bits per heavy atom. The molecule has 0 unspecified atom stereocenters. The van der Waals surface area contributed by atoms with Crippen LogP contribution < -0.4 is 11.1 Å². The average Bonchev–Trinajstić information content (AvgIpc) is 2.80. The van der Waals surface area contributed by atoms with Gasteiger partial charge in [-0.1, -0.05) is 6.07 Å². The molecule has 3 N–H and O–H groups in total. The highest BCUT2D eigenvalue weighted by atomic mass is 16.6. The fraction of sp³-hybridized carbons (Fsp3) is 0.0769. The monoisotopic (exact) mass is 284 g/mol. The molecule has 2 heterocycles. The minimum absolute atomic E-state index is 0.169. The molecule has 0 aliphatic heterocycles. The zero-order valence-corrected chi connectivity index (χ0v) is 11.1. The van der Waals surface area contributed by atoms with Crippen molar-refractivity contribution in [2.75, 3.05) is 11.1 Å². The average molecular weight is 284 g/mol. The lowest BCUT2D eigenvalue weighted by atomic mass is 10.2. The van der Waals surface area contributed by atoms with Crippen LogP contribution in [0.2, 0.25) is 0 Å². The van der Waals surface area contributed by atoms with Gasteiger partial charge in [0.25, 0.3) is 0 Å². The molecular weight excluding hydrogens is 272 g/mol. The molecule has 21 heavy (non-hydrogen) atoms. The summed E-state index contributed by atoms with van der Waals surface area (Å²) >= 11 is 0. The largest absolute Gasteiger partial charge is 0.378 e. The molecule has 106 valence electrons. The van der Waals surface area contributed by atoms with E-state index in [4.69, 9.17) is 5.73 Å². The summed E-state index contributed by atoms with van der Waals surface area (Å²) in [5.74, 6) is 0.0455. The van der Waals surface area contributed by atoms with Crippen LogP contribution in [-0.2, 0) is 7.05 Å². The van der Waals surface area contributed by atoms with Gasteiger partial charge in [-0.15, -0.1) is 0 Å². The van der Waals surface area contributed by atoms with Crippen LogP contribution in [0, 0.1) is 10.1 Å². The number of nitrogens with one attached hydrogen (secondary N) is 1. The minimum Gasteiger partial charge on any atom is -0.378 e. The van der Waals surface area contributed by atoms with Gasteiger partial charge in [0.2, 0.25) is 11.8 Å². The Bertz CT molecular complexity index is 842. The first kappa shape index (κ1) is 12.9. The van der Waals surface area contributed by atoms with E-state index in [-0.39, 0.29) is 17.5 Å². The van der Waals surface area contributed by atoms with Crippen molar-refractivity contribution in [2.24, 2.45) is 7.05 Å². The van der Waals surface area contributed by atoms with Crippen LogP contribution in [0.25, 0.3) is 10.9 Å². The summed E-state index contributed by atoms with van der Waals surface area (Å²) in [5.41, 5.74) is 7.06. The Hall–Kier alpha value is -3.16. The first-order chi connectivity index (χ1) is 10.0. The second-order valence-electron chi connectivity index (χ2n) is 4.55. The van der Waals surface area contributed by atoms with Crippen LogP contribution in [0.5, 0.6) is 0 Å². The van der Waals surface area contributed by atoms with Gasteiger partial charge < -0.3 is 15.6 Å². The van der Waals surface area contributed by atoms with Gasteiger partial charge in [-0.3, -0.25) is 10.1 Å². The van der Waals surface area contributed by atoms with Gasteiger partial charge >= 0.3 is 5.69 Å². The Morgan fingerprint density at radius 1 is 1.38 bits per heavy atom. The van der Waals surface area contributed by atoms with E-state index in [2.05, 4.69) is 15.3 Å². The molecule has 1 aromatic carbocycles. The number of aryl methyl sites for hydroxylation is 1. The molecule has 0 aliphatic rings. The first-order valence-electron chi connectivity index (χ1n) is 6.13. The van der Waals surface area contributed by atoms with Crippen molar-refractivity contribution in [3.05, 3.63) is 46.8 Å². The van der Waals surface area contributed by atoms with Crippen molar-refractivity contribution >= 4 is 34.0 Å². The number of nitrogens with zero attached hydrogens (tertiary/aromatic N) is 4. The predicted molar refractivity (Wildman–Crippen MR) is 79.3 cm³/mol. The highest BCUT2D eigenvalue weighted by molar-refractivity contribution is 5.84. The second kappa shape index (κ2) is 4.75. The summed E-state index contributed by atoms with van der Waals surface area (Å²) in [6, 6.07) is 7.80. The standard InChI is InChI=1S/C13H12N6O2/c1-18-5-4-8-2-3-9(6-10(8)18)16-13-15-7-11(19(20)21)12(14)17-13/h2-7H,1H3,(H3,14,15,16,17). The zero-order valence-electron chi connectivity index (χ0n) is 11.1. The first-order valence-corrected chi connectivity index (χ1v) is 6.13. The second-order valence-corrected chi connectivity index (χ2v) is 4.55. The quantitative estimate of drug-likeness (QED) is 0.563. The van der Waals surface area contributed by atoms with Crippen LogP contribution in [0.4, 0.5) is 23.1 Å². The molecule has 0 amide bonds. The van der Waals surface area contributed by atoms with Gasteiger partial charge in [-0.05, 0) is 23.6 Å². The van der Waals surface area contributed by atoms with Gasteiger partial charge in [0, 0.05) is 24.4 Å². The lowest BCUT2D eigenvalue weighted by Crippen LogP contribution is -2.03. The Morgan fingerprint density at radius 2 is 2.19 bits per heavy atom. The van der Waals surface area contributed by atoms with Crippen molar-refractivity contribution in [3.63, 3.8) is 0 Å². The van der Waals surface area contributed by atoms with E-state index in [1.807, 2.05) is 42.1 Å². The summed E-state index contributed by atoms with van der Waals surface area (Å²) in [6.45, 7) is 0. The highest BCUT2D eigenvalue weighted by Gasteiger charge is 2.14. The van der Waals surface area contributed by atoms with Gasteiger partial charge in [0.1, 0.15) is 6.20 Å². The fourth-order valence-corrected chi connectivity index (χ4v) is 2.06. The molecule has 0 radical (unpaired) electrons. The Kier molecular flexibility index (Phi) is 2.90. The molecule has 3 aromatic rings. The number of hydrogen-bond donors (Lipinski definition) is 2. The number of anilines is 3. The van der Waals surface area contributed by atoms with E-state index >= 15 is 0 Å². The Balaban J connectivity index is 1.92. The molecule has 8 heteroatoms. The van der Waals surface area contributed by atoms with Gasteiger partial charge in [0.05, 0.1) is 4.92 Å². The summed E-state index contributed by atoms with van der Waals surface area (Å²) in [5, 5.41) is 14.8. The molecule has 0 fully saturated rings. The molecular formula is C13H12N6O2. The van der Waals surface area contributed by atoms with Crippen molar-refractivity contribution in [1.29, 1.82) is 0 Å². The van der Waals surface area contributed by atoms with Crippen molar-refractivity contribution in [2.45, 2.75) is 0 Å². The molecule has 0 bridgehead atoms. The molecule has 0 saturated carbocycles. The summed E-state index contributed by atoms with van der Waals surface area (Å²) in [7, 11) is 1.95. The van der Waals surface area contributed by atoms with Crippen molar-refractivity contribution < 1.29 is 4.92 Å². The molecule has 0 spiro atoms. The van der Waals surface area contributed by atoms with Crippen molar-refractivity contribution in [1.82, 2.24) is 14.5 Å². The van der Waals surface area contributed by atoms with Crippen molar-refractivity contribution in [3.8, 4) is 0 Å². The number of fused-ring (bicyclic) bond motifs is 1. The number of aromatic nitrogens is 3. The smallest absolute Gasteiger partial charge is 0.329 e. The summed E-state index contributed by atoms with van der Waals surface area (Å²) in [4.78, 5) is 17.8. The van der Waals surface area contributed by atoms with Crippen LogP contribution in [0.15, 0.2) is 36.7 Å². The van der Waals surface area contributed by atoms with E-state index < -0.39 is 4.92 Å². The number of benzene rings is 1. The number of nitrogen functional groups attached to an aromatic ring is 1. The predicted octanol–water partition coefficient (Wildman–Crippen LogP) is 2.20. The lowest BCUT2D eigenvalue weighted by molar-refractivity contribution is -0.384. The maximum Gasteiger partial charge on any atom is 0.329 e. The maximum absolute atomic E-state index is 10.7. The van der Waals surface area contributed by atoms with Gasteiger partial charge in [0.15, 0.2) is 0 Å². The number of hydrogen-bond acceptors (Lipinski definition) is 6. The van der Waals surface area contributed by atoms with Crippen LogP contribution in [-0.4, -0.2) is 19.5 Å². The van der Waals surface area contributed by atoms with E-state index in [0.29, 0.717) is 0 Å². The third kappa shape index (κ3) is 2.34. The molecule has 2 aromatic heterocycles. The number of nitrogens with two attached hydrogens (primary N) is 1. The minimum atomic E-state index is -0.616.